The van der Waals surface area contributed by atoms with Gasteiger partial charge in [-0.3, -0.25) is 4.98 Å². The molecule has 0 saturated heterocycles. The van der Waals surface area contributed by atoms with Gasteiger partial charge in [-0.1, -0.05) is 35.5 Å². The van der Waals surface area contributed by atoms with Gasteiger partial charge in [-0.05, 0) is 36.8 Å². The number of carbonyl (C=O) groups is 1. The first-order valence-corrected chi connectivity index (χ1v) is 8.96. The van der Waals surface area contributed by atoms with Crippen molar-refractivity contribution in [3.63, 3.8) is 0 Å². The fraction of sp³-hybridized carbons (Fsp3) is 0.227. The fourth-order valence-corrected chi connectivity index (χ4v) is 3.28. The zero-order chi connectivity index (χ0) is 18.6. The molecule has 1 aromatic heterocycles. The number of aromatic nitrogens is 1. The Morgan fingerprint density at radius 1 is 1.19 bits per heavy atom. The van der Waals surface area contributed by atoms with Crippen LogP contribution in [0.5, 0.6) is 5.75 Å². The van der Waals surface area contributed by atoms with E-state index in [0.717, 1.165) is 45.5 Å². The molecule has 0 aliphatic carbocycles. The van der Waals surface area contributed by atoms with Crippen LogP contribution in [0, 0.1) is 6.92 Å². The molecule has 0 N–H and O–H groups in total. The molecule has 27 heavy (non-hydrogen) atoms. The number of carbonyl (C=O) groups excluding carboxylic acids is 1. The second kappa shape index (κ2) is 7.58. The monoisotopic (exact) mass is 360 g/mol. The minimum atomic E-state index is -0.124. The first kappa shape index (κ1) is 17.2. The van der Waals surface area contributed by atoms with Gasteiger partial charge in [-0.15, -0.1) is 0 Å². The summed E-state index contributed by atoms with van der Waals surface area (Å²) in [6.07, 6.45) is 1.71. The quantitative estimate of drug-likeness (QED) is 0.606. The second-order valence-electron chi connectivity index (χ2n) is 6.62. The van der Waals surface area contributed by atoms with Gasteiger partial charge in [0.25, 0.3) is 0 Å². The van der Waals surface area contributed by atoms with E-state index in [0.29, 0.717) is 19.4 Å². The molecule has 0 fully saturated rings. The normalized spacial score (nSPS) is 16.0. The summed E-state index contributed by atoms with van der Waals surface area (Å²) in [5.74, 6) is 0.796. The van der Waals surface area contributed by atoms with Crippen molar-refractivity contribution >= 4 is 22.9 Å². The van der Waals surface area contributed by atoms with E-state index in [-0.39, 0.29) is 6.10 Å². The summed E-state index contributed by atoms with van der Waals surface area (Å²) in [5.41, 5.74) is 4.89. The summed E-state index contributed by atoms with van der Waals surface area (Å²) in [6, 6.07) is 18.0. The maximum atomic E-state index is 10.6. The van der Waals surface area contributed by atoms with Gasteiger partial charge < -0.3 is 14.4 Å². The van der Waals surface area contributed by atoms with Crippen LogP contribution >= 0.6 is 0 Å². The molecule has 5 nitrogen and oxygen atoms in total. The first-order valence-electron chi connectivity index (χ1n) is 8.96. The molecule has 1 atom stereocenters. The van der Waals surface area contributed by atoms with Crippen molar-refractivity contribution in [1.82, 2.24) is 4.98 Å². The van der Waals surface area contributed by atoms with Gasteiger partial charge in [0.05, 0.1) is 11.2 Å². The second-order valence-corrected chi connectivity index (χ2v) is 6.62. The average molecular weight is 360 g/mol. The standard InChI is InChI=1S/C22H20N2O3/c1-15-12-17(20-4-2-3-5-21(20)23-15)14-26-19-8-6-16(7-9-19)22-13-18(10-11-25)24-27-22/h2-9,11-12,22H,10,13-14H2,1H3. The summed E-state index contributed by atoms with van der Waals surface area (Å²) in [6.45, 7) is 2.48. The number of benzene rings is 2. The maximum Gasteiger partial charge on any atom is 0.157 e. The number of para-hydroxylation sites is 1. The molecule has 1 unspecified atom stereocenters. The Balaban J connectivity index is 1.43. The van der Waals surface area contributed by atoms with Crippen molar-refractivity contribution < 1.29 is 14.4 Å². The molecule has 0 spiro atoms. The van der Waals surface area contributed by atoms with Gasteiger partial charge in [0.2, 0.25) is 0 Å². The van der Waals surface area contributed by atoms with Crippen LogP contribution in [0.4, 0.5) is 0 Å². The number of aldehydes is 1. The number of fused-ring (bicyclic) bond motifs is 1. The smallest absolute Gasteiger partial charge is 0.157 e. The van der Waals surface area contributed by atoms with Crippen LogP contribution < -0.4 is 4.74 Å². The number of rotatable bonds is 6. The van der Waals surface area contributed by atoms with Crippen LogP contribution in [0.15, 0.2) is 59.8 Å². The average Bonchev–Trinajstić information content (AvgIpc) is 3.15. The highest BCUT2D eigenvalue weighted by Crippen LogP contribution is 2.29. The van der Waals surface area contributed by atoms with Crippen LogP contribution in [-0.2, 0) is 16.2 Å². The highest BCUT2D eigenvalue weighted by Gasteiger charge is 2.22. The van der Waals surface area contributed by atoms with Crippen LogP contribution in [0.25, 0.3) is 10.9 Å². The molecular formula is C22H20N2O3. The molecule has 0 saturated carbocycles. The summed E-state index contributed by atoms with van der Waals surface area (Å²) in [5, 5.41) is 5.08. The molecule has 0 amide bonds. The Morgan fingerprint density at radius 2 is 2.00 bits per heavy atom. The SMILES string of the molecule is Cc1cc(COc2ccc(C3CC(CC=O)=NO3)cc2)c2ccccc2n1. The molecule has 2 aromatic carbocycles. The van der Waals surface area contributed by atoms with Crippen LogP contribution in [0.1, 0.15) is 35.8 Å². The number of pyridine rings is 1. The predicted octanol–water partition coefficient (Wildman–Crippen LogP) is 4.53. The van der Waals surface area contributed by atoms with E-state index in [9.17, 15) is 4.79 Å². The summed E-state index contributed by atoms with van der Waals surface area (Å²) < 4.78 is 5.99. The topological polar surface area (TPSA) is 60.8 Å². The van der Waals surface area contributed by atoms with E-state index in [1.54, 1.807) is 0 Å². The fourth-order valence-electron chi connectivity index (χ4n) is 3.28. The molecule has 3 aromatic rings. The number of hydrogen-bond acceptors (Lipinski definition) is 5. The number of nitrogens with zero attached hydrogens (tertiary/aromatic N) is 2. The number of ether oxygens (including phenoxy) is 1. The van der Waals surface area contributed by atoms with E-state index in [1.165, 1.54) is 0 Å². The van der Waals surface area contributed by atoms with Crippen molar-refractivity contribution in [2.75, 3.05) is 0 Å². The molecule has 2 heterocycles. The lowest BCUT2D eigenvalue weighted by molar-refractivity contribution is -0.106. The molecule has 0 radical (unpaired) electrons. The number of aryl methyl sites for hydroxylation is 1. The van der Waals surface area contributed by atoms with E-state index in [2.05, 4.69) is 22.3 Å². The molecular weight excluding hydrogens is 340 g/mol. The Morgan fingerprint density at radius 3 is 2.81 bits per heavy atom. The molecule has 1 aliphatic heterocycles. The molecule has 5 heteroatoms. The van der Waals surface area contributed by atoms with Crippen molar-refractivity contribution in [1.29, 1.82) is 0 Å². The van der Waals surface area contributed by atoms with E-state index in [1.807, 2.05) is 49.4 Å². The van der Waals surface area contributed by atoms with Crippen molar-refractivity contribution in [2.24, 2.45) is 5.16 Å². The lowest BCUT2D eigenvalue weighted by Crippen LogP contribution is -2.01. The van der Waals surface area contributed by atoms with Crippen LogP contribution in [0.2, 0.25) is 0 Å². The number of oxime groups is 1. The van der Waals surface area contributed by atoms with Gasteiger partial charge in [0.1, 0.15) is 18.6 Å². The lowest BCUT2D eigenvalue weighted by atomic mass is 10.0. The van der Waals surface area contributed by atoms with Gasteiger partial charge in [0, 0.05) is 29.5 Å². The summed E-state index contributed by atoms with van der Waals surface area (Å²) in [7, 11) is 0. The minimum absolute atomic E-state index is 0.124. The highest BCUT2D eigenvalue weighted by atomic mass is 16.6. The molecule has 1 aliphatic rings. The van der Waals surface area contributed by atoms with Crippen LogP contribution in [0.3, 0.4) is 0 Å². The van der Waals surface area contributed by atoms with Gasteiger partial charge in [0.15, 0.2) is 6.10 Å². The first-order chi connectivity index (χ1) is 13.2. The van der Waals surface area contributed by atoms with Crippen molar-refractivity contribution in [3.8, 4) is 5.75 Å². The zero-order valence-electron chi connectivity index (χ0n) is 15.1. The zero-order valence-corrected chi connectivity index (χ0v) is 15.1. The Kier molecular flexibility index (Phi) is 4.83. The van der Waals surface area contributed by atoms with Crippen LogP contribution in [-0.4, -0.2) is 17.0 Å². The van der Waals surface area contributed by atoms with E-state index < -0.39 is 0 Å². The van der Waals surface area contributed by atoms with Gasteiger partial charge in [-0.25, -0.2) is 0 Å². The molecule has 136 valence electrons. The van der Waals surface area contributed by atoms with Crippen molar-refractivity contribution in [2.45, 2.75) is 32.5 Å². The van der Waals surface area contributed by atoms with E-state index >= 15 is 0 Å². The third kappa shape index (κ3) is 3.82. The predicted molar refractivity (Wildman–Crippen MR) is 104 cm³/mol. The summed E-state index contributed by atoms with van der Waals surface area (Å²) in [4.78, 5) is 20.6. The Labute approximate surface area is 157 Å². The minimum Gasteiger partial charge on any atom is -0.489 e. The maximum absolute atomic E-state index is 10.6. The van der Waals surface area contributed by atoms with Crippen molar-refractivity contribution in [3.05, 3.63) is 71.4 Å². The summed E-state index contributed by atoms with van der Waals surface area (Å²) >= 11 is 0. The lowest BCUT2D eigenvalue weighted by Gasteiger charge is -2.12. The third-order valence-electron chi connectivity index (χ3n) is 4.63. The highest BCUT2D eigenvalue weighted by molar-refractivity contribution is 5.94. The van der Waals surface area contributed by atoms with Gasteiger partial charge in [-0.2, -0.15) is 0 Å². The largest absolute Gasteiger partial charge is 0.489 e. The Bertz CT molecular complexity index is 996. The number of hydrogen-bond donors (Lipinski definition) is 0. The van der Waals surface area contributed by atoms with Gasteiger partial charge >= 0.3 is 0 Å². The molecule has 0 bridgehead atoms. The third-order valence-corrected chi connectivity index (χ3v) is 4.63. The Hall–Kier alpha value is -3.21. The van der Waals surface area contributed by atoms with E-state index in [4.69, 9.17) is 9.57 Å². The molecule has 4 rings (SSSR count).